The fraction of sp³-hybridized carbons (Fsp3) is 0.281. The predicted molar refractivity (Wildman–Crippen MR) is 158 cm³/mol. The summed E-state index contributed by atoms with van der Waals surface area (Å²) in [4.78, 5) is 33.3. The van der Waals surface area contributed by atoms with E-state index in [0.717, 1.165) is 22.2 Å². The lowest BCUT2D eigenvalue weighted by Gasteiger charge is -2.23. The van der Waals surface area contributed by atoms with Gasteiger partial charge in [0.15, 0.2) is 5.13 Å². The van der Waals surface area contributed by atoms with Crippen LogP contribution in [0.5, 0.6) is 11.5 Å². The van der Waals surface area contributed by atoms with Gasteiger partial charge in [0.2, 0.25) is 0 Å². The molecule has 1 unspecified atom stereocenters. The Kier molecular flexibility index (Phi) is 7.89. The number of Topliss-reactive ketones (excluding diaryl/α,β-unsaturated/α-hetero) is 1. The van der Waals surface area contributed by atoms with E-state index in [4.69, 9.17) is 14.5 Å². The molecule has 1 saturated heterocycles. The van der Waals surface area contributed by atoms with E-state index in [1.54, 1.807) is 24.3 Å². The molecular formula is C32H32N2O5S. The molecule has 1 aliphatic heterocycles. The molecule has 1 amide bonds. The van der Waals surface area contributed by atoms with Crippen molar-refractivity contribution in [3.05, 3.63) is 89.0 Å². The average molecular weight is 557 g/mol. The van der Waals surface area contributed by atoms with Gasteiger partial charge in [0, 0.05) is 5.56 Å². The fourth-order valence-electron chi connectivity index (χ4n) is 4.69. The molecule has 1 N–H and O–H groups in total. The van der Waals surface area contributed by atoms with Crippen molar-refractivity contribution in [3.63, 3.8) is 0 Å². The number of ether oxygens (including phenoxy) is 2. The second-order valence-corrected chi connectivity index (χ2v) is 11.2. The average Bonchev–Trinajstić information content (AvgIpc) is 3.46. The maximum absolute atomic E-state index is 13.6. The van der Waals surface area contributed by atoms with E-state index in [2.05, 4.69) is 13.8 Å². The van der Waals surface area contributed by atoms with Crippen molar-refractivity contribution >= 4 is 44.1 Å². The maximum Gasteiger partial charge on any atom is 0.301 e. The number of thiazole rings is 1. The zero-order valence-corrected chi connectivity index (χ0v) is 23.8. The Bertz CT molecular complexity index is 1590. The van der Waals surface area contributed by atoms with Gasteiger partial charge in [0.05, 0.1) is 35.0 Å². The number of benzene rings is 3. The van der Waals surface area contributed by atoms with Gasteiger partial charge in [-0.2, -0.15) is 0 Å². The molecule has 3 aromatic carbocycles. The molecule has 1 aromatic heterocycles. The third-order valence-corrected chi connectivity index (χ3v) is 7.78. The molecule has 1 atom stereocenters. The molecule has 206 valence electrons. The van der Waals surface area contributed by atoms with Crippen LogP contribution in [0.3, 0.4) is 0 Å². The summed E-state index contributed by atoms with van der Waals surface area (Å²) in [5, 5.41) is 11.9. The number of aromatic nitrogens is 1. The number of nitrogens with zero attached hydrogens (tertiary/aromatic N) is 2. The highest BCUT2D eigenvalue weighted by Gasteiger charge is 2.48. The number of hydrogen-bond donors (Lipinski definition) is 1. The summed E-state index contributed by atoms with van der Waals surface area (Å²) in [5.41, 5.74) is 2.87. The Morgan fingerprint density at radius 2 is 1.80 bits per heavy atom. The van der Waals surface area contributed by atoms with Crippen molar-refractivity contribution < 1.29 is 24.2 Å². The molecule has 7 nitrogen and oxygen atoms in total. The molecule has 40 heavy (non-hydrogen) atoms. The first kappa shape index (κ1) is 27.4. The van der Waals surface area contributed by atoms with Gasteiger partial charge >= 0.3 is 5.91 Å². The molecule has 1 fully saturated rings. The molecule has 8 heteroatoms. The molecule has 5 rings (SSSR count). The van der Waals surface area contributed by atoms with Crippen LogP contribution in [0.25, 0.3) is 16.0 Å². The summed E-state index contributed by atoms with van der Waals surface area (Å²) in [7, 11) is 0. The van der Waals surface area contributed by atoms with Crippen LogP contribution in [-0.4, -0.2) is 35.0 Å². The maximum atomic E-state index is 13.6. The van der Waals surface area contributed by atoms with Crippen LogP contribution in [0.2, 0.25) is 0 Å². The van der Waals surface area contributed by atoms with Gasteiger partial charge in [0.25, 0.3) is 5.78 Å². The molecule has 0 saturated carbocycles. The van der Waals surface area contributed by atoms with E-state index in [-0.39, 0.29) is 11.3 Å². The number of hydrogen-bond acceptors (Lipinski definition) is 7. The van der Waals surface area contributed by atoms with Crippen LogP contribution >= 0.6 is 11.3 Å². The van der Waals surface area contributed by atoms with Crippen molar-refractivity contribution in [1.82, 2.24) is 4.98 Å². The molecule has 4 aromatic rings. The minimum atomic E-state index is -0.887. The summed E-state index contributed by atoms with van der Waals surface area (Å²) in [6, 6.07) is 19.1. The standard InChI is InChI=1S/C32H32N2O5S/c1-5-38-23-12-10-21(11-13-23)29(35)27-28(22-7-6-8-24(18-22)39-16-15-19(2)3)34(31(37)30(27)36)32-33-25-14-9-20(4)17-26(25)40-32/h6-14,17-19,28,35H,5,15-16H2,1-4H3. The van der Waals surface area contributed by atoms with Gasteiger partial charge in [-0.15, -0.1) is 0 Å². The summed E-state index contributed by atoms with van der Waals surface area (Å²) >= 11 is 1.34. The molecule has 0 aliphatic carbocycles. The van der Waals surface area contributed by atoms with Gasteiger partial charge in [-0.3, -0.25) is 14.5 Å². The van der Waals surface area contributed by atoms with E-state index < -0.39 is 17.7 Å². The van der Waals surface area contributed by atoms with Crippen LogP contribution in [0.15, 0.2) is 72.3 Å². The van der Waals surface area contributed by atoms with Gasteiger partial charge in [0.1, 0.15) is 17.3 Å². The number of ketones is 1. The van der Waals surface area contributed by atoms with Gasteiger partial charge < -0.3 is 14.6 Å². The van der Waals surface area contributed by atoms with Crippen LogP contribution < -0.4 is 14.4 Å². The molecule has 0 bridgehead atoms. The number of aliphatic hydroxyl groups excluding tert-OH is 1. The number of amides is 1. The molecule has 0 radical (unpaired) electrons. The predicted octanol–water partition coefficient (Wildman–Crippen LogP) is 7.05. The third kappa shape index (κ3) is 5.45. The number of aryl methyl sites for hydroxylation is 1. The van der Waals surface area contributed by atoms with Crippen molar-refractivity contribution in [2.24, 2.45) is 5.92 Å². The second kappa shape index (κ2) is 11.5. The Morgan fingerprint density at radius 1 is 1.02 bits per heavy atom. The molecular weight excluding hydrogens is 524 g/mol. The number of carbonyl (C=O) groups is 2. The van der Waals surface area contributed by atoms with Crippen LogP contribution in [0.1, 0.15) is 49.9 Å². The van der Waals surface area contributed by atoms with E-state index in [9.17, 15) is 14.7 Å². The smallest absolute Gasteiger partial charge is 0.301 e. The van der Waals surface area contributed by atoms with Gasteiger partial charge in [-0.05, 0) is 85.8 Å². The highest BCUT2D eigenvalue weighted by Crippen LogP contribution is 2.45. The molecule has 0 spiro atoms. The lowest BCUT2D eigenvalue weighted by Crippen LogP contribution is -2.29. The Balaban J connectivity index is 1.63. The van der Waals surface area contributed by atoms with Crippen molar-refractivity contribution in [2.45, 2.75) is 40.2 Å². The quantitative estimate of drug-likeness (QED) is 0.135. The monoisotopic (exact) mass is 556 g/mol. The van der Waals surface area contributed by atoms with E-state index >= 15 is 0 Å². The number of fused-ring (bicyclic) bond motifs is 1. The molecule has 1 aliphatic rings. The Labute approximate surface area is 237 Å². The van der Waals surface area contributed by atoms with Crippen molar-refractivity contribution in [1.29, 1.82) is 0 Å². The summed E-state index contributed by atoms with van der Waals surface area (Å²) in [6.07, 6.45) is 0.894. The number of carbonyl (C=O) groups excluding carboxylic acids is 2. The van der Waals surface area contributed by atoms with Crippen LogP contribution in [0.4, 0.5) is 5.13 Å². The summed E-state index contributed by atoms with van der Waals surface area (Å²) in [5.74, 6) is 0.0122. The lowest BCUT2D eigenvalue weighted by molar-refractivity contribution is -0.132. The first-order valence-electron chi connectivity index (χ1n) is 13.4. The SMILES string of the molecule is CCOc1ccc(C(O)=C2C(=O)C(=O)N(c3nc4ccc(C)cc4s3)C2c2cccc(OCCC(C)C)c2)cc1. The van der Waals surface area contributed by atoms with Crippen LogP contribution in [0, 0.1) is 12.8 Å². The number of anilines is 1. The van der Waals surface area contributed by atoms with E-state index in [1.807, 2.05) is 56.3 Å². The van der Waals surface area contributed by atoms with E-state index in [0.29, 0.717) is 46.9 Å². The van der Waals surface area contributed by atoms with Crippen LogP contribution in [-0.2, 0) is 9.59 Å². The Morgan fingerprint density at radius 3 is 2.52 bits per heavy atom. The second-order valence-electron chi connectivity index (χ2n) is 10.2. The summed E-state index contributed by atoms with van der Waals surface area (Å²) < 4.78 is 12.4. The minimum Gasteiger partial charge on any atom is -0.507 e. The van der Waals surface area contributed by atoms with Crippen molar-refractivity contribution in [3.8, 4) is 11.5 Å². The topological polar surface area (TPSA) is 89.0 Å². The fourth-order valence-corrected chi connectivity index (χ4v) is 5.78. The largest absolute Gasteiger partial charge is 0.507 e. The number of rotatable bonds is 9. The zero-order valence-electron chi connectivity index (χ0n) is 23.0. The normalized spacial score (nSPS) is 16.7. The first-order chi connectivity index (χ1) is 19.3. The van der Waals surface area contributed by atoms with Gasteiger partial charge in [-0.25, -0.2) is 4.98 Å². The lowest BCUT2D eigenvalue weighted by atomic mass is 9.95. The third-order valence-electron chi connectivity index (χ3n) is 6.76. The Hall–Kier alpha value is -4.17. The zero-order chi connectivity index (χ0) is 28.4. The highest BCUT2D eigenvalue weighted by molar-refractivity contribution is 7.22. The highest BCUT2D eigenvalue weighted by atomic mass is 32.1. The summed E-state index contributed by atoms with van der Waals surface area (Å²) in [6.45, 7) is 9.20. The number of aliphatic hydroxyl groups is 1. The first-order valence-corrected chi connectivity index (χ1v) is 14.2. The minimum absolute atomic E-state index is 0.00364. The van der Waals surface area contributed by atoms with Crippen molar-refractivity contribution in [2.75, 3.05) is 18.1 Å². The molecule has 2 heterocycles. The van der Waals surface area contributed by atoms with Gasteiger partial charge in [-0.1, -0.05) is 43.4 Å². The van der Waals surface area contributed by atoms with E-state index in [1.165, 1.54) is 16.2 Å².